The Kier molecular flexibility index (Phi) is 9.26. The molecule has 0 unspecified atom stereocenters. The Morgan fingerprint density at radius 3 is 2.33 bits per heavy atom. The van der Waals surface area contributed by atoms with E-state index in [4.69, 9.17) is 4.74 Å². The Morgan fingerprint density at radius 2 is 1.75 bits per heavy atom. The number of nitrogens with one attached hydrogen (secondary N) is 3. The van der Waals surface area contributed by atoms with Crippen molar-refractivity contribution in [3.63, 3.8) is 0 Å². The first-order valence-electron chi connectivity index (χ1n) is 11.0. The summed E-state index contributed by atoms with van der Waals surface area (Å²) in [5.41, 5.74) is -2.68. The van der Waals surface area contributed by atoms with Gasteiger partial charge in [0, 0.05) is 18.7 Å². The topological polar surface area (TPSA) is 138 Å². The molecular formula is C24H28F3N3O6. The molecule has 1 atom stereocenters. The first-order chi connectivity index (χ1) is 16.7. The minimum absolute atomic E-state index is 0.0406. The fourth-order valence-corrected chi connectivity index (χ4v) is 3.26. The summed E-state index contributed by atoms with van der Waals surface area (Å²) in [6, 6.07) is 6.01. The van der Waals surface area contributed by atoms with E-state index in [0.29, 0.717) is 0 Å². The molecule has 2 rings (SSSR count). The minimum atomic E-state index is -4.56. The van der Waals surface area contributed by atoms with Crippen LogP contribution in [-0.2, 0) is 22.1 Å². The van der Waals surface area contributed by atoms with Crippen molar-refractivity contribution in [1.82, 2.24) is 15.6 Å². The van der Waals surface area contributed by atoms with Crippen molar-refractivity contribution in [2.24, 2.45) is 0 Å². The number of alkyl halides is 3. The molecule has 0 bridgehead atoms. The smallest absolute Gasteiger partial charge is 0.416 e. The number of rotatable bonds is 9. The molecule has 0 saturated heterocycles. The van der Waals surface area contributed by atoms with Crippen LogP contribution < -0.4 is 16.2 Å². The van der Waals surface area contributed by atoms with E-state index in [1.54, 1.807) is 20.8 Å². The summed E-state index contributed by atoms with van der Waals surface area (Å²) >= 11 is 0. The summed E-state index contributed by atoms with van der Waals surface area (Å²) in [5.74, 6) is -2.29. The van der Waals surface area contributed by atoms with Gasteiger partial charge in [0.25, 0.3) is 11.5 Å². The standard InChI is InChI=1S/C24H28F3N3O6/c1-23(2,3)36-22(35)28-12-6-9-18(21(33)34)30-20(32)16-11-10-15(29-19(16)31)13-14-7-4-5-8-17(14)24(25,26)27/h4-5,7-8,10-11,18H,6,9,12-13H2,1-3H3,(H,28,35)(H,29,31)(H,30,32)(H,33,34)/t18-/m0/s1. The number of amides is 2. The van der Waals surface area contributed by atoms with Gasteiger partial charge in [-0.15, -0.1) is 0 Å². The second kappa shape index (κ2) is 11.7. The highest BCUT2D eigenvalue weighted by Gasteiger charge is 2.33. The minimum Gasteiger partial charge on any atom is -0.480 e. The quantitative estimate of drug-likeness (QED) is 0.381. The molecule has 9 nitrogen and oxygen atoms in total. The van der Waals surface area contributed by atoms with Crippen LogP contribution >= 0.6 is 0 Å². The number of ether oxygens (including phenoxy) is 1. The molecule has 1 aromatic heterocycles. The lowest BCUT2D eigenvalue weighted by atomic mass is 10.0. The third-order valence-corrected chi connectivity index (χ3v) is 4.86. The summed E-state index contributed by atoms with van der Waals surface area (Å²) < 4.78 is 44.7. The van der Waals surface area contributed by atoms with Crippen molar-refractivity contribution in [1.29, 1.82) is 0 Å². The van der Waals surface area contributed by atoms with Gasteiger partial charge >= 0.3 is 18.2 Å². The average Bonchev–Trinajstić information content (AvgIpc) is 2.74. The molecule has 0 fully saturated rings. The van der Waals surface area contributed by atoms with E-state index in [1.807, 2.05) is 0 Å². The van der Waals surface area contributed by atoms with E-state index in [0.717, 1.165) is 12.1 Å². The second-order valence-corrected chi connectivity index (χ2v) is 8.99. The van der Waals surface area contributed by atoms with Gasteiger partial charge in [0.2, 0.25) is 0 Å². The van der Waals surface area contributed by atoms with Crippen LogP contribution in [0.15, 0.2) is 41.2 Å². The van der Waals surface area contributed by atoms with Gasteiger partial charge in [0.05, 0.1) is 5.56 Å². The molecule has 1 heterocycles. The maximum absolute atomic E-state index is 13.2. The zero-order valence-electron chi connectivity index (χ0n) is 20.0. The van der Waals surface area contributed by atoms with E-state index in [-0.39, 0.29) is 42.6 Å². The third kappa shape index (κ3) is 8.75. The summed E-state index contributed by atoms with van der Waals surface area (Å²) in [6.07, 6.45) is -5.30. The fourth-order valence-electron chi connectivity index (χ4n) is 3.26. The highest BCUT2D eigenvalue weighted by molar-refractivity contribution is 5.96. The molecule has 2 aromatic rings. The lowest BCUT2D eigenvalue weighted by Gasteiger charge is -2.20. The van der Waals surface area contributed by atoms with Gasteiger partial charge in [0.15, 0.2) is 0 Å². The predicted molar refractivity (Wildman–Crippen MR) is 124 cm³/mol. The highest BCUT2D eigenvalue weighted by atomic mass is 19.4. The molecule has 12 heteroatoms. The van der Waals surface area contributed by atoms with E-state index in [2.05, 4.69) is 15.6 Å². The lowest BCUT2D eigenvalue weighted by molar-refractivity contribution is -0.139. The van der Waals surface area contributed by atoms with Crippen molar-refractivity contribution in [3.05, 3.63) is 69.1 Å². The molecule has 36 heavy (non-hydrogen) atoms. The number of aliphatic carboxylic acids is 1. The number of alkyl carbamates (subject to hydrolysis) is 1. The number of halogens is 3. The van der Waals surface area contributed by atoms with Gasteiger partial charge in [-0.3, -0.25) is 9.59 Å². The Balaban J connectivity index is 2.01. The molecule has 1 aromatic carbocycles. The first kappa shape index (κ1) is 28.4. The van der Waals surface area contributed by atoms with Crippen molar-refractivity contribution in [3.8, 4) is 0 Å². The van der Waals surface area contributed by atoms with Crippen molar-refractivity contribution < 1.29 is 37.4 Å². The van der Waals surface area contributed by atoms with Crippen LogP contribution in [0.1, 0.15) is 60.8 Å². The lowest BCUT2D eigenvalue weighted by Crippen LogP contribution is -2.43. The van der Waals surface area contributed by atoms with Crippen LogP contribution in [0.5, 0.6) is 0 Å². The van der Waals surface area contributed by atoms with Crippen LogP contribution in [0.4, 0.5) is 18.0 Å². The number of hydrogen-bond donors (Lipinski definition) is 4. The van der Waals surface area contributed by atoms with Crippen LogP contribution in [-0.4, -0.2) is 46.2 Å². The maximum Gasteiger partial charge on any atom is 0.416 e. The Hall–Kier alpha value is -3.83. The number of aromatic nitrogens is 1. The number of carboxylic acids is 1. The van der Waals surface area contributed by atoms with E-state index >= 15 is 0 Å². The number of carbonyl (C=O) groups excluding carboxylic acids is 2. The van der Waals surface area contributed by atoms with Gasteiger partial charge in [-0.1, -0.05) is 18.2 Å². The number of H-pyrrole nitrogens is 1. The summed E-state index contributed by atoms with van der Waals surface area (Å²) in [6.45, 7) is 5.18. The zero-order chi connectivity index (χ0) is 27.1. The zero-order valence-corrected chi connectivity index (χ0v) is 20.0. The van der Waals surface area contributed by atoms with Crippen LogP contribution in [0.2, 0.25) is 0 Å². The van der Waals surface area contributed by atoms with Crippen LogP contribution in [0.25, 0.3) is 0 Å². The molecule has 0 aliphatic rings. The number of benzene rings is 1. The Morgan fingerprint density at radius 1 is 1.08 bits per heavy atom. The number of pyridine rings is 1. The molecule has 0 aliphatic heterocycles. The highest BCUT2D eigenvalue weighted by Crippen LogP contribution is 2.32. The van der Waals surface area contributed by atoms with E-state index in [9.17, 15) is 37.5 Å². The molecule has 196 valence electrons. The van der Waals surface area contributed by atoms with Crippen molar-refractivity contribution in [2.45, 2.75) is 57.9 Å². The van der Waals surface area contributed by atoms with Crippen LogP contribution in [0.3, 0.4) is 0 Å². The monoisotopic (exact) mass is 511 g/mol. The molecular weight excluding hydrogens is 483 g/mol. The average molecular weight is 511 g/mol. The Bertz CT molecular complexity index is 1150. The van der Waals surface area contributed by atoms with Gasteiger partial charge in [-0.2, -0.15) is 13.2 Å². The van der Waals surface area contributed by atoms with E-state index < -0.39 is 46.9 Å². The fraction of sp³-hybridized carbons (Fsp3) is 0.417. The molecule has 0 saturated carbocycles. The molecule has 0 radical (unpaired) electrons. The van der Waals surface area contributed by atoms with Crippen molar-refractivity contribution in [2.75, 3.05) is 6.54 Å². The predicted octanol–water partition coefficient (Wildman–Crippen LogP) is 3.47. The molecule has 0 aliphatic carbocycles. The third-order valence-electron chi connectivity index (χ3n) is 4.86. The van der Waals surface area contributed by atoms with E-state index in [1.165, 1.54) is 24.3 Å². The van der Waals surface area contributed by atoms with Gasteiger partial charge < -0.3 is 25.5 Å². The second-order valence-electron chi connectivity index (χ2n) is 8.99. The molecule has 0 spiro atoms. The largest absolute Gasteiger partial charge is 0.480 e. The summed E-state index contributed by atoms with van der Waals surface area (Å²) in [5, 5.41) is 14.1. The normalized spacial score (nSPS) is 12.5. The first-order valence-corrected chi connectivity index (χ1v) is 11.0. The Labute approximate surface area is 205 Å². The van der Waals surface area contributed by atoms with Gasteiger partial charge in [-0.05, 0) is 57.4 Å². The number of carbonyl (C=O) groups is 3. The van der Waals surface area contributed by atoms with Gasteiger partial charge in [0.1, 0.15) is 17.2 Å². The summed E-state index contributed by atoms with van der Waals surface area (Å²) in [4.78, 5) is 50.5. The van der Waals surface area contributed by atoms with Crippen LogP contribution in [0, 0.1) is 0 Å². The number of aromatic amines is 1. The van der Waals surface area contributed by atoms with Crippen molar-refractivity contribution >= 4 is 18.0 Å². The number of carboxylic acid groups (broad SMARTS) is 1. The molecule has 2 amide bonds. The van der Waals surface area contributed by atoms with Gasteiger partial charge in [-0.25, -0.2) is 9.59 Å². The molecule has 4 N–H and O–H groups in total. The maximum atomic E-state index is 13.2. The number of hydrogen-bond acceptors (Lipinski definition) is 5. The summed E-state index contributed by atoms with van der Waals surface area (Å²) in [7, 11) is 0. The SMILES string of the molecule is CC(C)(C)OC(=O)NCCC[C@H](NC(=O)c1ccc(Cc2ccccc2C(F)(F)F)[nH]c1=O)C(=O)O.